The maximum absolute atomic E-state index is 6.04. The van der Waals surface area contributed by atoms with E-state index >= 15 is 0 Å². The van der Waals surface area contributed by atoms with Gasteiger partial charge in [0.1, 0.15) is 34.5 Å². The zero-order valence-corrected chi connectivity index (χ0v) is 23.7. The summed E-state index contributed by atoms with van der Waals surface area (Å²) in [6.07, 6.45) is 0. The molecule has 0 bridgehead atoms. The molecule has 40 heavy (non-hydrogen) atoms. The number of hydrogen-bond acceptors (Lipinski definition) is 6. The first-order valence-electron chi connectivity index (χ1n) is 13.4. The van der Waals surface area contributed by atoms with Crippen molar-refractivity contribution in [2.75, 3.05) is 42.7 Å². The summed E-state index contributed by atoms with van der Waals surface area (Å²) in [4.78, 5) is 0. The lowest BCUT2D eigenvalue weighted by molar-refractivity contribution is 0.388. The summed E-state index contributed by atoms with van der Waals surface area (Å²) in [6, 6.07) is 25.1. The van der Waals surface area contributed by atoms with Crippen LogP contribution in [0.5, 0.6) is 34.5 Å². The molecule has 0 N–H and O–H groups in total. The quantitative estimate of drug-likeness (QED) is 0.243. The van der Waals surface area contributed by atoms with E-state index in [9.17, 15) is 0 Å². The molecule has 0 saturated carbocycles. The third-order valence-electron chi connectivity index (χ3n) is 8.60. The minimum absolute atomic E-state index is 0.0329. The Morgan fingerprint density at radius 1 is 0.400 bits per heavy atom. The molecule has 6 nitrogen and oxygen atoms in total. The van der Waals surface area contributed by atoms with Crippen molar-refractivity contribution in [1.82, 2.24) is 0 Å². The second kappa shape index (κ2) is 10.3. The summed E-state index contributed by atoms with van der Waals surface area (Å²) < 4.78 is 34.6. The van der Waals surface area contributed by atoms with E-state index in [-0.39, 0.29) is 23.7 Å². The Hall–Kier alpha value is -4.32. The van der Waals surface area contributed by atoms with E-state index in [1.807, 2.05) is 36.4 Å². The summed E-state index contributed by atoms with van der Waals surface area (Å²) in [5.41, 5.74) is 7.21. The van der Waals surface area contributed by atoms with Gasteiger partial charge in [-0.3, -0.25) is 0 Å². The molecule has 6 heteroatoms. The predicted molar refractivity (Wildman–Crippen MR) is 154 cm³/mol. The molecule has 0 aliphatic heterocycles. The largest absolute Gasteiger partial charge is 0.497 e. The van der Waals surface area contributed by atoms with Crippen molar-refractivity contribution in [2.24, 2.45) is 0 Å². The lowest BCUT2D eigenvalue weighted by atomic mass is 9.79. The average Bonchev–Trinajstić information content (AvgIpc) is 3.53. The highest BCUT2D eigenvalue weighted by Crippen LogP contribution is 2.69. The van der Waals surface area contributed by atoms with Crippen LogP contribution >= 0.6 is 0 Å². The fourth-order valence-electron chi connectivity index (χ4n) is 6.92. The molecule has 0 radical (unpaired) electrons. The van der Waals surface area contributed by atoms with Crippen molar-refractivity contribution in [3.05, 3.63) is 106 Å². The highest BCUT2D eigenvalue weighted by molar-refractivity contribution is 5.68. The van der Waals surface area contributed by atoms with Crippen molar-refractivity contribution in [3.63, 3.8) is 0 Å². The summed E-state index contributed by atoms with van der Waals surface area (Å²) in [5.74, 6) is 5.14. The summed E-state index contributed by atoms with van der Waals surface area (Å²) >= 11 is 0. The molecule has 0 amide bonds. The molecule has 4 aromatic carbocycles. The van der Waals surface area contributed by atoms with Crippen LogP contribution < -0.4 is 28.4 Å². The van der Waals surface area contributed by atoms with Gasteiger partial charge >= 0.3 is 0 Å². The number of methoxy groups -OCH3 is 6. The predicted octanol–water partition coefficient (Wildman–Crippen LogP) is 6.90. The third kappa shape index (κ3) is 3.93. The first-order chi connectivity index (χ1) is 19.6. The SMILES string of the molecule is COc1ccc([C@H]2c3c(OC)cc(OC)cc3[C@@H]3[C@@H](c4ccc(OC)cc4)c4c(OC)cc(OC)cc4[C@H]23)cc1. The van der Waals surface area contributed by atoms with E-state index in [0.29, 0.717) is 0 Å². The topological polar surface area (TPSA) is 55.4 Å². The van der Waals surface area contributed by atoms with Crippen molar-refractivity contribution in [2.45, 2.75) is 23.7 Å². The summed E-state index contributed by atoms with van der Waals surface area (Å²) in [6.45, 7) is 0. The molecule has 2 aliphatic rings. The van der Waals surface area contributed by atoms with Crippen molar-refractivity contribution in [3.8, 4) is 34.5 Å². The van der Waals surface area contributed by atoms with Crippen LogP contribution in [0.2, 0.25) is 0 Å². The van der Waals surface area contributed by atoms with Gasteiger partial charge in [0.25, 0.3) is 0 Å². The van der Waals surface area contributed by atoms with Crippen molar-refractivity contribution in [1.29, 1.82) is 0 Å². The maximum atomic E-state index is 6.04. The second-order valence-electron chi connectivity index (χ2n) is 10.2. The normalized spacial score (nSPS) is 20.2. The van der Waals surface area contributed by atoms with Crippen LogP contribution in [0.3, 0.4) is 0 Å². The van der Waals surface area contributed by atoms with Gasteiger partial charge in [0, 0.05) is 46.9 Å². The Morgan fingerprint density at radius 3 is 1.05 bits per heavy atom. The second-order valence-corrected chi connectivity index (χ2v) is 10.2. The Bertz CT molecular complexity index is 1410. The van der Waals surface area contributed by atoms with Crippen molar-refractivity contribution < 1.29 is 28.4 Å². The molecule has 0 aromatic heterocycles. The number of hydrogen-bond donors (Lipinski definition) is 0. The molecule has 2 aliphatic carbocycles. The highest BCUT2D eigenvalue weighted by atomic mass is 16.5. The molecular formula is C34H34O6. The minimum atomic E-state index is 0.0329. The number of ether oxygens (including phenoxy) is 6. The zero-order valence-electron chi connectivity index (χ0n) is 23.7. The summed E-state index contributed by atoms with van der Waals surface area (Å²) in [5, 5.41) is 0. The molecule has 4 atom stereocenters. The molecule has 6 rings (SSSR count). The van der Waals surface area contributed by atoms with Gasteiger partial charge in [0.15, 0.2) is 0 Å². The molecule has 0 saturated heterocycles. The van der Waals surface area contributed by atoms with E-state index in [0.717, 1.165) is 34.5 Å². The molecule has 0 heterocycles. The van der Waals surface area contributed by atoms with E-state index in [1.54, 1.807) is 42.7 Å². The van der Waals surface area contributed by atoms with Gasteiger partial charge in [0.2, 0.25) is 0 Å². The van der Waals surface area contributed by atoms with Gasteiger partial charge in [-0.1, -0.05) is 24.3 Å². The first-order valence-corrected chi connectivity index (χ1v) is 13.4. The van der Waals surface area contributed by atoms with Crippen molar-refractivity contribution >= 4 is 0 Å². The van der Waals surface area contributed by atoms with Crippen LogP contribution in [-0.2, 0) is 0 Å². The smallest absolute Gasteiger partial charge is 0.126 e. The molecule has 0 fully saturated rings. The first kappa shape index (κ1) is 25.9. The van der Waals surface area contributed by atoms with Gasteiger partial charge in [-0.05, 0) is 58.7 Å². The summed E-state index contributed by atoms with van der Waals surface area (Å²) in [7, 11) is 10.2. The minimum Gasteiger partial charge on any atom is -0.497 e. The van der Waals surface area contributed by atoms with Gasteiger partial charge in [0.05, 0.1) is 42.7 Å². The zero-order chi connectivity index (χ0) is 28.0. The Labute approximate surface area is 235 Å². The van der Waals surface area contributed by atoms with Gasteiger partial charge in [-0.15, -0.1) is 0 Å². The van der Waals surface area contributed by atoms with E-state index in [2.05, 4.69) is 36.4 Å². The highest BCUT2D eigenvalue weighted by Gasteiger charge is 2.54. The Balaban J connectivity index is 1.67. The van der Waals surface area contributed by atoms with Gasteiger partial charge in [-0.2, -0.15) is 0 Å². The van der Waals surface area contributed by atoms with E-state index < -0.39 is 0 Å². The lowest BCUT2D eigenvalue weighted by Gasteiger charge is -2.24. The monoisotopic (exact) mass is 538 g/mol. The van der Waals surface area contributed by atoms with Gasteiger partial charge < -0.3 is 28.4 Å². The fraction of sp³-hybridized carbons (Fsp3) is 0.294. The van der Waals surface area contributed by atoms with Gasteiger partial charge in [-0.25, -0.2) is 0 Å². The third-order valence-corrected chi connectivity index (χ3v) is 8.60. The standard InChI is InChI=1S/C34H34O6/c1-35-21-11-7-19(8-12-21)29-31-25(15-23(37-3)17-27(31)39-5)34-30(20-9-13-22(36-2)14-10-20)32-26(33(29)34)16-24(38-4)18-28(32)40-6/h7-18,29-30,33-34H,1-6H3/t29-,30-,33+,34+/m0/s1. The number of rotatable bonds is 8. The van der Waals surface area contributed by atoms with Crippen LogP contribution in [0, 0.1) is 0 Å². The lowest BCUT2D eigenvalue weighted by Crippen LogP contribution is -2.10. The molecule has 0 spiro atoms. The van der Waals surface area contributed by atoms with Crippen LogP contribution in [0.15, 0.2) is 72.8 Å². The number of benzene rings is 4. The van der Waals surface area contributed by atoms with E-state index in [4.69, 9.17) is 28.4 Å². The van der Waals surface area contributed by atoms with Crippen LogP contribution in [0.4, 0.5) is 0 Å². The molecular weight excluding hydrogens is 504 g/mol. The Kier molecular flexibility index (Phi) is 6.70. The number of fused-ring (bicyclic) bond motifs is 5. The van der Waals surface area contributed by atoms with Crippen LogP contribution in [0.25, 0.3) is 0 Å². The van der Waals surface area contributed by atoms with E-state index in [1.165, 1.54) is 33.4 Å². The molecule has 4 aromatic rings. The molecule has 206 valence electrons. The maximum Gasteiger partial charge on any atom is 0.126 e. The van der Waals surface area contributed by atoms with Crippen LogP contribution in [0.1, 0.15) is 57.1 Å². The average molecular weight is 539 g/mol. The fourth-order valence-corrected chi connectivity index (χ4v) is 6.92. The Morgan fingerprint density at radius 2 is 0.750 bits per heavy atom. The molecule has 0 unspecified atom stereocenters. The van der Waals surface area contributed by atoms with Crippen LogP contribution in [-0.4, -0.2) is 42.7 Å².